The molecule has 9 heteroatoms. The number of hydrogen-bond acceptors (Lipinski definition) is 3. The molecule has 3 N–H and O–H groups in total. The third kappa shape index (κ3) is 7.42. The van der Waals surface area contributed by atoms with Crippen LogP contribution in [-0.2, 0) is 15.7 Å². The predicted octanol–water partition coefficient (Wildman–Crippen LogP) is 1.69. The quantitative estimate of drug-likeness (QED) is 0.393. The SMILES string of the molecule is CN=C(NCC(=O)NCCOC)NC(C)c1cccc(C(F)(F)F)c1. The molecule has 25 heavy (non-hydrogen) atoms. The van der Waals surface area contributed by atoms with Crippen LogP contribution in [0.4, 0.5) is 13.2 Å². The molecule has 1 rings (SSSR count). The summed E-state index contributed by atoms with van der Waals surface area (Å²) in [5, 5.41) is 8.39. The number of rotatable bonds is 7. The van der Waals surface area contributed by atoms with Crippen molar-refractivity contribution in [3.63, 3.8) is 0 Å². The summed E-state index contributed by atoms with van der Waals surface area (Å²) in [5.74, 6) is 0.0681. The van der Waals surface area contributed by atoms with Crippen molar-refractivity contribution in [2.75, 3.05) is 33.9 Å². The number of amides is 1. The van der Waals surface area contributed by atoms with E-state index < -0.39 is 17.8 Å². The first-order chi connectivity index (χ1) is 11.8. The molecule has 0 aliphatic carbocycles. The van der Waals surface area contributed by atoms with Crippen LogP contribution in [0.2, 0.25) is 0 Å². The first-order valence-electron chi connectivity index (χ1n) is 7.68. The van der Waals surface area contributed by atoms with Gasteiger partial charge in [-0.15, -0.1) is 0 Å². The summed E-state index contributed by atoms with van der Waals surface area (Å²) in [4.78, 5) is 15.6. The van der Waals surface area contributed by atoms with Crippen molar-refractivity contribution in [3.05, 3.63) is 35.4 Å². The van der Waals surface area contributed by atoms with Crippen LogP contribution in [0.25, 0.3) is 0 Å². The summed E-state index contributed by atoms with van der Waals surface area (Å²) in [6.45, 7) is 2.49. The Balaban J connectivity index is 2.59. The topological polar surface area (TPSA) is 74.8 Å². The highest BCUT2D eigenvalue weighted by molar-refractivity contribution is 5.86. The van der Waals surface area contributed by atoms with E-state index in [9.17, 15) is 18.0 Å². The minimum absolute atomic E-state index is 0.0152. The lowest BCUT2D eigenvalue weighted by Crippen LogP contribution is -2.44. The van der Waals surface area contributed by atoms with Crippen LogP contribution in [0.5, 0.6) is 0 Å². The molecule has 0 radical (unpaired) electrons. The van der Waals surface area contributed by atoms with E-state index in [0.29, 0.717) is 24.7 Å². The van der Waals surface area contributed by atoms with Gasteiger partial charge in [-0.3, -0.25) is 9.79 Å². The van der Waals surface area contributed by atoms with Gasteiger partial charge in [0, 0.05) is 20.7 Å². The van der Waals surface area contributed by atoms with E-state index >= 15 is 0 Å². The number of nitrogens with one attached hydrogen (secondary N) is 3. The van der Waals surface area contributed by atoms with Crippen LogP contribution in [0.1, 0.15) is 24.1 Å². The number of aliphatic imine (C=N–C) groups is 1. The number of methoxy groups -OCH3 is 1. The smallest absolute Gasteiger partial charge is 0.383 e. The van der Waals surface area contributed by atoms with Crippen LogP contribution in [0.15, 0.2) is 29.3 Å². The maximum Gasteiger partial charge on any atom is 0.416 e. The van der Waals surface area contributed by atoms with Gasteiger partial charge in [0.25, 0.3) is 0 Å². The molecule has 0 fully saturated rings. The molecule has 0 bridgehead atoms. The monoisotopic (exact) mass is 360 g/mol. The van der Waals surface area contributed by atoms with E-state index in [0.717, 1.165) is 12.1 Å². The molecule has 0 heterocycles. The summed E-state index contributed by atoms with van der Waals surface area (Å²) in [7, 11) is 3.04. The number of hydrogen-bond donors (Lipinski definition) is 3. The van der Waals surface area contributed by atoms with E-state index in [2.05, 4.69) is 20.9 Å². The predicted molar refractivity (Wildman–Crippen MR) is 89.2 cm³/mol. The Bertz CT molecular complexity index is 591. The molecule has 1 unspecified atom stereocenters. The summed E-state index contributed by atoms with van der Waals surface area (Å²) in [6, 6.07) is 4.63. The Hall–Kier alpha value is -2.29. The Labute approximate surface area is 144 Å². The first kappa shape index (κ1) is 20.8. The molecule has 0 aliphatic rings. The zero-order chi connectivity index (χ0) is 18.9. The van der Waals surface area contributed by atoms with Crippen LogP contribution >= 0.6 is 0 Å². The number of ether oxygens (including phenoxy) is 1. The summed E-state index contributed by atoms with van der Waals surface area (Å²) in [6.07, 6.45) is -4.39. The number of carbonyl (C=O) groups is 1. The Morgan fingerprint density at radius 3 is 2.64 bits per heavy atom. The molecule has 1 aromatic carbocycles. The molecule has 1 atom stereocenters. The van der Waals surface area contributed by atoms with Crippen molar-refractivity contribution in [1.29, 1.82) is 0 Å². The van der Waals surface area contributed by atoms with Crippen molar-refractivity contribution >= 4 is 11.9 Å². The van der Waals surface area contributed by atoms with Gasteiger partial charge in [-0.25, -0.2) is 0 Å². The van der Waals surface area contributed by atoms with Crippen LogP contribution < -0.4 is 16.0 Å². The second kappa shape index (κ2) is 9.87. The third-order valence-electron chi connectivity index (χ3n) is 3.34. The highest BCUT2D eigenvalue weighted by atomic mass is 19.4. The number of carbonyl (C=O) groups excluding carboxylic acids is 1. The number of nitrogens with zero attached hydrogens (tertiary/aromatic N) is 1. The van der Waals surface area contributed by atoms with Crippen molar-refractivity contribution in [2.24, 2.45) is 4.99 Å². The van der Waals surface area contributed by atoms with E-state index in [1.54, 1.807) is 13.0 Å². The lowest BCUT2D eigenvalue weighted by atomic mass is 10.1. The second-order valence-corrected chi connectivity index (χ2v) is 5.26. The molecule has 0 spiro atoms. The van der Waals surface area contributed by atoms with Crippen molar-refractivity contribution in [2.45, 2.75) is 19.1 Å². The minimum atomic E-state index is -4.39. The van der Waals surface area contributed by atoms with Gasteiger partial charge < -0.3 is 20.7 Å². The van der Waals surface area contributed by atoms with Gasteiger partial charge in [0.2, 0.25) is 5.91 Å². The lowest BCUT2D eigenvalue weighted by Gasteiger charge is -2.19. The van der Waals surface area contributed by atoms with Crippen molar-refractivity contribution in [1.82, 2.24) is 16.0 Å². The number of halogens is 3. The summed E-state index contributed by atoms with van der Waals surface area (Å²) >= 11 is 0. The fourth-order valence-corrected chi connectivity index (χ4v) is 1.99. The lowest BCUT2D eigenvalue weighted by molar-refractivity contribution is -0.137. The first-order valence-corrected chi connectivity index (χ1v) is 7.68. The number of alkyl halides is 3. The fraction of sp³-hybridized carbons (Fsp3) is 0.500. The molecule has 0 saturated heterocycles. The van der Waals surface area contributed by atoms with Gasteiger partial charge in [-0.05, 0) is 24.6 Å². The van der Waals surface area contributed by atoms with Gasteiger partial charge in [0.05, 0.1) is 24.8 Å². The summed E-state index contributed by atoms with van der Waals surface area (Å²) < 4.78 is 43.2. The third-order valence-corrected chi connectivity index (χ3v) is 3.34. The van der Waals surface area contributed by atoms with E-state index in [-0.39, 0.29) is 12.5 Å². The van der Waals surface area contributed by atoms with Gasteiger partial charge in [0.1, 0.15) is 0 Å². The molecule has 1 amide bonds. The molecule has 0 saturated carbocycles. The normalized spacial score (nSPS) is 13.3. The van der Waals surface area contributed by atoms with Crippen molar-refractivity contribution < 1.29 is 22.7 Å². The Kier molecular flexibility index (Phi) is 8.20. The largest absolute Gasteiger partial charge is 0.416 e. The van der Waals surface area contributed by atoms with Crippen molar-refractivity contribution in [3.8, 4) is 0 Å². The van der Waals surface area contributed by atoms with E-state index in [1.807, 2.05) is 0 Å². The van der Waals surface area contributed by atoms with Crippen LogP contribution in [0, 0.1) is 0 Å². The highest BCUT2D eigenvalue weighted by Gasteiger charge is 2.30. The Morgan fingerprint density at radius 2 is 2.04 bits per heavy atom. The summed E-state index contributed by atoms with van der Waals surface area (Å²) in [5.41, 5.74) is -0.249. The maximum atomic E-state index is 12.8. The average Bonchev–Trinajstić information content (AvgIpc) is 2.58. The Morgan fingerprint density at radius 1 is 1.32 bits per heavy atom. The van der Waals surface area contributed by atoms with Crippen LogP contribution in [-0.4, -0.2) is 45.7 Å². The van der Waals surface area contributed by atoms with E-state index in [4.69, 9.17) is 4.74 Å². The standard InChI is InChI=1S/C16H23F3N4O2/c1-11(12-5-4-6-13(9-12)16(17,18)19)23-15(20-2)22-10-14(24)21-7-8-25-3/h4-6,9,11H,7-8,10H2,1-3H3,(H,21,24)(H2,20,22,23). The molecule has 0 aromatic heterocycles. The minimum Gasteiger partial charge on any atom is -0.383 e. The number of benzene rings is 1. The zero-order valence-corrected chi connectivity index (χ0v) is 14.4. The van der Waals surface area contributed by atoms with Gasteiger partial charge in [0.15, 0.2) is 5.96 Å². The second-order valence-electron chi connectivity index (χ2n) is 5.26. The zero-order valence-electron chi connectivity index (χ0n) is 14.4. The van der Waals surface area contributed by atoms with Gasteiger partial charge >= 0.3 is 6.18 Å². The number of guanidine groups is 1. The maximum absolute atomic E-state index is 12.8. The molecular formula is C16H23F3N4O2. The van der Waals surface area contributed by atoms with E-state index in [1.165, 1.54) is 20.2 Å². The molecule has 6 nitrogen and oxygen atoms in total. The molecule has 140 valence electrons. The fourth-order valence-electron chi connectivity index (χ4n) is 1.99. The highest BCUT2D eigenvalue weighted by Crippen LogP contribution is 2.30. The molecule has 0 aliphatic heterocycles. The average molecular weight is 360 g/mol. The molecule has 1 aromatic rings. The van der Waals surface area contributed by atoms with Crippen LogP contribution in [0.3, 0.4) is 0 Å². The van der Waals surface area contributed by atoms with Gasteiger partial charge in [-0.1, -0.05) is 12.1 Å². The molecular weight excluding hydrogens is 337 g/mol. The van der Waals surface area contributed by atoms with Gasteiger partial charge in [-0.2, -0.15) is 13.2 Å².